The standard InChI is InChI=1S/C26H32FN3O2/c1-3-7-22(31)17-30(16-19-10-11-19)18-24-25(20-8-5-4-6-9-20)28-29(2)26(24)32-23-14-12-21(27)13-15-23/h4-6,8-9,12-15,19,22,31H,3,7,10-11,16-18H2,1-2H3. The van der Waals surface area contributed by atoms with Gasteiger partial charge in [-0.25, -0.2) is 9.07 Å². The third-order valence-corrected chi connectivity index (χ3v) is 5.85. The van der Waals surface area contributed by atoms with Crippen LogP contribution in [0.5, 0.6) is 11.6 Å². The van der Waals surface area contributed by atoms with Crippen LogP contribution in [0.4, 0.5) is 4.39 Å². The molecule has 0 bridgehead atoms. The van der Waals surface area contributed by atoms with Gasteiger partial charge in [-0.05, 0) is 49.4 Å². The van der Waals surface area contributed by atoms with E-state index < -0.39 is 0 Å². The molecule has 0 spiro atoms. The summed E-state index contributed by atoms with van der Waals surface area (Å²) in [6, 6.07) is 16.1. The number of hydrogen-bond acceptors (Lipinski definition) is 4. The van der Waals surface area contributed by atoms with Crippen molar-refractivity contribution in [3.8, 4) is 22.9 Å². The smallest absolute Gasteiger partial charge is 0.222 e. The van der Waals surface area contributed by atoms with Gasteiger partial charge in [0.15, 0.2) is 0 Å². The lowest BCUT2D eigenvalue weighted by molar-refractivity contribution is 0.0979. The Morgan fingerprint density at radius 2 is 1.88 bits per heavy atom. The van der Waals surface area contributed by atoms with Crippen LogP contribution in [0.3, 0.4) is 0 Å². The summed E-state index contributed by atoms with van der Waals surface area (Å²) in [4.78, 5) is 2.33. The molecule has 3 aromatic rings. The van der Waals surface area contributed by atoms with Crippen molar-refractivity contribution in [2.24, 2.45) is 13.0 Å². The van der Waals surface area contributed by atoms with Gasteiger partial charge in [-0.15, -0.1) is 0 Å². The zero-order valence-electron chi connectivity index (χ0n) is 18.9. The van der Waals surface area contributed by atoms with Gasteiger partial charge in [-0.3, -0.25) is 4.90 Å². The van der Waals surface area contributed by atoms with Crippen LogP contribution < -0.4 is 4.74 Å². The van der Waals surface area contributed by atoms with Crippen molar-refractivity contribution in [3.63, 3.8) is 0 Å². The Kier molecular flexibility index (Phi) is 7.22. The maximum Gasteiger partial charge on any atom is 0.222 e. The molecule has 1 aliphatic carbocycles. The van der Waals surface area contributed by atoms with E-state index in [2.05, 4.69) is 11.8 Å². The minimum absolute atomic E-state index is 0.298. The molecule has 1 N–H and O–H groups in total. The van der Waals surface area contributed by atoms with Gasteiger partial charge >= 0.3 is 0 Å². The summed E-state index contributed by atoms with van der Waals surface area (Å²) < 4.78 is 21.4. The van der Waals surface area contributed by atoms with Crippen molar-refractivity contribution in [3.05, 3.63) is 66.0 Å². The lowest BCUT2D eigenvalue weighted by atomic mass is 10.1. The van der Waals surface area contributed by atoms with E-state index in [4.69, 9.17) is 9.84 Å². The number of halogens is 1. The van der Waals surface area contributed by atoms with Crippen LogP contribution in [0.25, 0.3) is 11.3 Å². The van der Waals surface area contributed by atoms with Gasteiger partial charge < -0.3 is 9.84 Å². The van der Waals surface area contributed by atoms with Gasteiger partial charge in [-0.1, -0.05) is 43.7 Å². The molecule has 0 saturated heterocycles. The predicted octanol–water partition coefficient (Wildman–Crippen LogP) is 5.39. The van der Waals surface area contributed by atoms with E-state index in [1.807, 2.05) is 37.4 Å². The van der Waals surface area contributed by atoms with Crippen molar-refractivity contribution in [1.29, 1.82) is 0 Å². The molecule has 1 fully saturated rings. The Morgan fingerprint density at radius 1 is 1.16 bits per heavy atom. The largest absolute Gasteiger partial charge is 0.439 e. The van der Waals surface area contributed by atoms with Gasteiger partial charge in [0.25, 0.3) is 0 Å². The number of aliphatic hydroxyl groups is 1. The quantitative estimate of drug-likeness (QED) is 0.437. The summed E-state index contributed by atoms with van der Waals surface area (Å²) in [6.07, 6.45) is 3.89. The van der Waals surface area contributed by atoms with Crippen LogP contribution in [0.2, 0.25) is 0 Å². The first kappa shape index (κ1) is 22.5. The number of hydrogen-bond donors (Lipinski definition) is 1. The molecular weight excluding hydrogens is 405 g/mol. The lowest BCUT2D eigenvalue weighted by Gasteiger charge is -2.25. The summed E-state index contributed by atoms with van der Waals surface area (Å²) in [5.41, 5.74) is 2.87. The van der Waals surface area contributed by atoms with Crippen LogP contribution in [0.15, 0.2) is 54.6 Å². The number of benzene rings is 2. The van der Waals surface area contributed by atoms with Gasteiger partial charge in [0.05, 0.1) is 11.7 Å². The Hall–Kier alpha value is -2.70. The fourth-order valence-corrected chi connectivity index (χ4v) is 4.08. The summed E-state index contributed by atoms with van der Waals surface area (Å²) in [6.45, 7) is 4.31. The summed E-state index contributed by atoms with van der Waals surface area (Å²) >= 11 is 0. The number of nitrogens with zero attached hydrogens (tertiary/aromatic N) is 3. The summed E-state index contributed by atoms with van der Waals surface area (Å²) in [5, 5.41) is 15.3. The fourth-order valence-electron chi connectivity index (χ4n) is 4.08. The average Bonchev–Trinajstić information content (AvgIpc) is 3.55. The van der Waals surface area contributed by atoms with E-state index in [-0.39, 0.29) is 11.9 Å². The van der Waals surface area contributed by atoms with Gasteiger partial charge in [0, 0.05) is 32.2 Å². The highest BCUT2D eigenvalue weighted by molar-refractivity contribution is 5.65. The molecule has 1 unspecified atom stereocenters. The molecule has 32 heavy (non-hydrogen) atoms. The molecule has 0 radical (unpaired) electrons. The molecule has 0 amide bonds. The van der Waals surface area contributed by atoms with Crippen molar-refractivity contribution < 1.29 is 14.2 Å². The Bertz CT molecular complexity index is 1000. The highest BCUT2D eigenvalue weighted by Gasteiger charge is 2.28. The third kappa shape index (κ3) is 5.75. The maximum atomic E-state index is 13.4. The van der Waals surface area contributed by atoms with E-state index in [9.17, 15) is 9.50 Å². The zero-order chi connectivity index (χ0) is 22.5. The Labute approximate surface area is 189 Å². The number of aliphatic hydroxyl groups excluding tert-OH is 1. The van der Waals surface area contributed by atoms with Crippen LogP contribution in [0, 0.1) is 11.7 Å². The monoisotopic (exact) mass is 437 g/mol. The number of aromatic nitrogens is 2. The molecule has 1 saturated carbocycles. The molecule has 6 heteroatoms. The maximum absolute atomic E-state index is 13.4. The SMILES string of the molecule is CCCC(O)CN(Cc1c(-c2ccccc2)nn(C)c1Oc1ccc(F)cc1)CC1CC1. The first-order valence-electron chi connectivity index (χ1n) is 11.5. The second kappa shape index (κ2) is 10.3. The highest BCUT2D eigenvalue weighted by atomic mass is 19.1. The van der Waals surface area contributed by atoms with Crippen molar-refractivity contribution in [2.75, 3.05) is 13.1 Å². The van der Waals surface area contributed by atoms with Crippen LogP contribution in [-0.4, -0.2) is 39.0 Å². The first-order chi connectivity index (χ1) is 15.5. The lowest BCUT2D eigenvalue weighted by Crippen LogP contribution is -2.33. The fraction of sp³-hybridized carbons (Fsp3) is 0.423. The van der Waals surface area contributed by atoms with Crippen molar-refractivity contribution in [1.82, 2.24) is 14.7 Å². The van der Waals surface area contributed by atoms with Gasteiger partial charge in [-0.2, -0.15) is 5.10 Å². The van der Waals surface area contributed by atoms with Crippen molar-refractivity contribution in [2.45, 2.75) is 45.3 Å². The summed E-state index contributed by atoms with van der Waals surface area (Å²) in [7, 11) is 1.87. The minimum atomic E-state index is -0.350. The minimum Gasteiger partial charge on any atom is -0.439 e. The predicted molar refractivity (Wildman–Crippen MR) is 124 cm³/mol. The number of ether oxygens (including phenoxy) is 1. The molecule has 1 aromatic heterocycles. The second-order valence-electron chi connectivity index (χ2n) is 8.76. The molecule has 4 rings (SSSR count). The molecule has 2 aromatic carbocycles. The van der Waals surface area contributed by atoms with E-state index in [1.165, 1.54) is 25.0 Å². The molecule has 1 atom stereocenters. The molecule has 1 heterocycles. The molecule has 170 valence electrons. The van der Waals surface area contributed by atoms with Crippen molar-refractivity contribution >= 4 is 0 Å². The number of aryl methyl sites for hydroxylation is 1. The van der Waals surface area contributed by atoms with Crippen LogP contribution in [0.1, 0.15) is 38.2 Å². The van der Waals surface area contributed by atoms with E-state index in [0.717, 1.165) is 36.2 Å². The molecule has 0 aliphatic heterocycles. The van der Waals surface area contributed by atoms with E-state index in [0.29, 0.717) is 30.6 Å². The van der Waals surface area contributed by atoms with E-state index in [1.54, 1.807) is 16.8 Å². The second-order valence-corrected chi connectivity index (χ2v) is 8.76. The highest BCUT2D eigenvalue weighted by Crippen LogP contribution is 2.36. The average molecular weight is 438 g/mol. The van der Waals surface area contributed by atoms with Gasteiger partial charge in [0.2, 0.25) is 5.88 Å². The molecule has 5 nitrogen and oxygen atoms in total. The van der Waals surface area contributed by atoms with Gasteiger partial charge in [0.1, 0.15) is 17.3 Å². The Morgan fingerprint density at radius 3 is 2.53 bits per heavy atom. The Balaban J connectivity index is 1.68. The zero-order valence-corrected chi connectivity index (χ0v) is 18.9. The first-order valence-corrected chi connectivity index (χ1v) is 11.5. The summed E-state index contributed by atoms with van der Waals surface area (Å²) in [5.74, 6) is 1.60. The topological polar surface area (TPSA) is 50.5 Å². The van der Waals surface area contributed by atoms with Crippen LogP contribution >= 0.6 is 0 Å². The molecule has 1 aliphatic rings. The normalized spacial score (nSPS) is 14.7. The van der Waals surface area contributed by atoms with E-state index >= 15 is 0 Å². The number of rotatable bonds is 11. The molecular formula is C26H32FN3O2. The van der Waals surface area contributed by atoms with Crippen LogP contribution in [-0.2, 0) is 13.6 Å². The third-order valence-electron chi connectivity index (χ3n) is 5.85.